The Labute approximate surface area is 185 Å². The smallest absolute Gasteiger partial charge is 0.351 e. The van der Waals surface area contributed by atoms with Gasteiger partial charge in [-0.1, -0.05) is 18.2 Å². The second-order valence-electron chi connectivity index (χ2n) is 7.45. The average molecular weight is 442 g/mol. The number of ether oxygens (including phenoxy) is 2. The van der Waals surface area contributed by atoms with E-state index in [4.69, 9.17) is 21.1 Å². The van der Waals surface area contributed by atoms with Gasteiger partial charge in [0.1, 0.15) is 5.75 Å². The lowest BCUT2D eigenvalue weighted by molar-refractivity contribution is -0.146. The van der Waals surface area contributed by atoms with Crippen molar-refractivity contribution in [3.8, 4) is 5.75 Å². The summed E-state index contributed by atoms with van der Waals surface area (Å²) in [4.78, 5) is 23.3. The van der Waals surface area contributed by atoms with Gasteiger partial charge in [-0.05, 0) is 73.9 Å². The standard InChI is InChI=1S/C24H24ClNO5/c1-13(2)22(24(29)30-5)31-18-7-8-20(25)17(10-18)12-26-15(4)14(3)19-11-16(23(27)28)6-9-21(19)26/h6-11,22H,1,12H2,2-5H3,(H,27,28). The first-order chi connectivity index (χ1) is 14.6. The van der Waals surface area contributed by atoms with Gasteiger partial charge in [0.15, 0.2) is 0 Å². The van der Waals surface area contributed by atoms with Crippen LogP contribution >= 0.6 is 11.6 Å². The van der Waals surface area contributed by atoms with Crippen LogP contribution in [-0.2, 0) is 16.1 Å². The summed E-state index contributed by atoms with van der Waals surface area (Å²) in [6.45, 7) is 9.90. The predicted molar refractivity (Wildman–Crippen MR) is 120 cm³/mol. The number of hydrogen-bond acceptors (Lipinski definition) is 4. The van der Waals surface area contributed by atoms with Crippen molar-refractivity contribution in [3.05, 3.63) is 76.0 Å². The lowest BCUT2D eigenvalue weighted by atomic mass is 10.1. The molecule has 0 aliphatic heterocycles. The molecule has 162 valence electrons. The molecular weight excluding hydrogens is 418 g/mol. The Morgan fingerprint density at radius 2 is 1.90 bits per heavy atom. The molecule has 2 aromatic carbocycles. The molecule has 0 bridgehead atoms. The zero-order valence-electron chi connectivity index (χ0n) is 17.9. The quantitative estimate of drug-likeness (QED) is 0.405. The summed E-state index contributed by atoms with van der Waals surface area (Å²) >= 11 is 6.46. The van der Waals surface area contributed by atoms with Crippen LogP contribution in [0.4, 0.5) is 0 Å². The molecular formula is C24H24ClNO5. The molecule has 0 fully saturated rings. The number of carbonyl (C=O) groups is 2. The Morgan fingerprint density at radius 3 is 2.52 bits per heavy atom. The summed E-state index contributed by atoms with van der Waals surface area (Å²) in [5.41, 5.74) is 4.50. The van der Waals surface area contributed by atoms with E-state index in [9.17, 15) is 14.7 Å². The molecule has 1 N–H and O–H groups in total. The highest BCUT2D eigenvalue weighted by atomic mass is 35.5. The van der Waals surface area contributed by atoms with Crippen LogP contribution in [0.15, 0.2) is 48.6 Å². The molecule has 0 radical (unpaired) electrons. The predicted octanol–water partition coefficient (Wildman–Crippen LogP) is 5.15. The topological polar surface area (TPSA) is 77.8 Å². The maximum atomic E-state index is 12.0. The Bertz CT molecular complexity index is 1190. The number of esters is 1. The van der Waals surface area contributed by atoms with Gasteiger partial charge < -0.3 is 19.1 Å². The number of halogens is 1. The maximum absolute atomic E-state index is 12.0. The fraction of sp³-hybridized carbons (Fsp3) is 0.250. The highest BCUT2D eigenvalue weighted by molar-refractivity contribution is 6.31. The lowest BCUT2D eigenvalue weighted by Crippen LogP contribution is -2.29. The van der Waals surface area contributed by atoms with Crippen LogP contribution in [0.25, 0.3) is 10.9 Å². The van der Waals surface area contributed by atoms with E-state index in [2.05, 4.69) is 11.1 Å². The van der Waals surface area contributed by atoms with Crippen LogP contribution in [0.3, 0.4) is 0 Å². The minimum atomic E-state index is -0.961. The third-order valence-electron chi connectivity index (χ3n) is 5.35. The van der Waals surface area contributed by atoms with Crippen molar-refractivity contribution in [2.75, 3.05) is 7.11 Å². The molecule has 7 heteroatoms. The van der Waals surface area contributed by atoms with Gasteiger partial charge in [-0.15, -0.1) is 0 Å². The molecule has 1 unspecified atom stereocenters. The van der Waals surface area contributed by atoms with Gasteiger partial charge in [-0.25, -0.2) is 9.59 Å². The molecule has 0 spiro atoms. The van der Waals surface area contributed by atoms with E-state index in [1.165, 1.54) is 7.11 Å². The number of aromatic nitrogens is 1. The van der Waals surface area contributed by atoms with Crippen molar-refractivity contribution in [2.45, 2.75) is 33.4 Å². The average Bonchev–Trinajstić information content (AvgIpc) is 2.97. The summed E-state index contributed by atoms with van der Waals surface area (Å²) < 4.78 is 12.7. The van der Waals surface area contributed by atoms with Gasteiger partial charge in [-0.2, -0.15) is 0 Å². The van der Waals surface area contributed by atoms with Crippen molar-refractivity contribution < 1.29 is 24.2 Å². The molecule has 0 saturated heterocycles. The van der Waals surface area contributed by atoms with Crippen molar-refractivity contribution in [1.82, 2.24) is 4.57 Å². The van der Waals surface area contributed by atoms with Gasteiger partial charge in [0.05, 0.1) is 12.7 Å². The van der Waals surface area contributed by atoms with Gasteiger partial charge in [0, 0.05) is 28.2 Å². The summed E-state index contributed by atoms with van der Waals surface area (Å²) in [5, 5.41) is 10.7. The van der Waals surface area contributed by atoms with E-state index in [1.807, 2.05) is 13.8 Å². The largest absolute Gasteiger partial charge is 0.478 e. The number of aryl methyl sites for hydroxylation is 1. The monoisotopic (exact) mass is 441 g/mol. The maximum Gasteiger partial charge on any atom is 0.351 e. The molecule has 1 aromatic heterocycles. The highest BCUT2D eigenvalue weighted by Crippen LogP contribution is 2.30. The molecule has 1 atom stereocenters. The van der Waals surface area contributed by atoms with Gasteiger partial charge in [0.2, 0.25) is 6.10 Å². The molecule has 3 aromatic rings. The summed E-state index contributed by atoms with van der Waals surface area (Å²) in [6.07, 6.45) is -0.912. The van der Waals surface area contributed by atoms with Crippen LogP contribution < -0.4 is 4.74 Å². The number of benzene rings is 2. The van der Waals surface area contributed by atoms with E-state index >= 15 is 0 Å². The van der Waals surface area contributed by atoms with E-state index in [0.29, 0.717) is 22.9 Å². The van der Waals surface area contributed by atoms with E-state index < -0.39 is 18.0 Å². The number of rotatable bonds is 7. The molecule has 31 heavy (non-hydrogen) atoms. The van der Waals surface area contributed by atoms with Gasteiger partial charge >= 0.3 is 11.9 Å². The molecule has 6 nitrogen and oxygen atoms in total. The van der Waals surface area contributed by atoms with Crippen LogP contribution in [0.2, 0.25) is 5.02 Å². The zero-order chi connectivity index (χ0) is 22.9. The van der Waals surface area contributed by atoms with Gasteiger partial charge in [-0.3, -0.25) is 0 Å². The first kappa shape index (κ1) is 22.4. The van der Waals surface area contributed by atoms with Crippen LogP contribution in [0.1, 0.15) is 34.1 Å². The Hall–Kier alpha value is -3.25. The fourth-order valence-electron chi connectivity index (χ4n) is 3.50. The van der Waals surface area contributed by atoms with Crippen molar-refractivity contribution >= 4 is 34.4 Å². The zero-order valence-corrected chi connectivity index (χ0v) is 18.6. The first-order valence-electron chi connectivity index (χ1n) is 9.65. The molecule has 0 aliphatic carbocycles. The van der Waals surface area contributed by atoms with Crippen molar-refractivity contribution in [3.63, 3.8) is 0 Å². The Balaban J connectivity index is 2.00. The molecule has 1 heterocycles. The Kier molecular flexibility index (Phi) is 6.41. The second-order valence-corrected chi connectivity index (χ2v) is 7.86. The molecule has 0 saturated carbocycles. The van der Waals surface area contributed by atoms with Crippen LogP contribution in [0.5, 0.6) is 5.75 Å². The number of fused-ring (bicyclic) bond motifs is 1. The van der Waals surface area contributed by atoms with Crippen LogP contribution in [0, 0.1) is 13.8 Å². The van der Waals surface area contributed by atoms with E-state index in [1.54, 1.807) is 43.3 Å². The number of nitrogens with zero attached hydrogens (tertiary/aromatic N) is 1. The number of carbonyl (C=O) groups excluding carboxylic acids is 1. The number of carboxylic acid groups (broad SMARTS) is 1. The highest BCUT2D eigenvalue weighted by Gasteiger charge is 2.22. The lowest BCUT2D eigenvalue weighted by Gasteiger charge is -2.18. The van der Waals surface area contributed by atoms with E-state index in [0.717, 1.165) is 27.7 Å². The van der Waals surface area contributed by atoms with Crippen molar-refractivity contribution in [2.24, 2.45) is 0 Å². The third kappa shape index (κ3) is 4.44. The number of methoxy groups -OCH3 is 1. The summed E-state index contributed by atoms with van der Waals surface area (Å²) in [6, 6.07) is 10.3. The molecule has 3 rings (SSSR count). The second kappa shape index (κ2) is 8.86. The number of carboxylic acids is 1. The third-order valence-corrected chi connectivity index (χ3v) is 5.72. The minimum absolute atomic E-state index is 0.245. The van der Waals surface area contributed by atoms with Gasteiger partial charge in [0.25, 0.3) is 0 Å². The normalized spacial score (nSPS) is 11.9. The number of hydrogen-bond donors (Lipinski definition) is 1. The molecule has 0 aliphatic rings. The van der Waals surface area contributed by atoms with Crippen molar-refractivity contribution in [1.29, 1.82) is 0 Å². The first-order valence-corrected chi connectivity index (χ1v) is 10.0. The fourth-order valence-corrected chi connectivity index (χ4v) is 3.67. The number of aromatic carboxylic acids is 1. The van der Waals surface area contributed by atoms with E-state index in [-0.39, 0.29) is 5.56 Å². The SMILES string of the molecule is C=C(C)C(Oc1ccc(Cl)c(Cn2c(C)c(C)c3cc(C(=O)O)ccc32)c1)C(=O)OC. The Morgan fingerprint density at radius 1 is 1.19 bits per heavy atom. The minimum Gasteiger partial charge on any atom is -0.478 e. The summed E-state index contributed by atoms with van der Waals surface area (Å²) in [7, 11) is 1.30. The summed E-state index contributed by atoms with van der Waals surface area (Å²) in [5.74, 6) is -1.02. The molecule has 0 amide bonds. The van der Waals surface area contributed by atoms with Crippen LogP contribution in [-0.4, -0.2) is 34.8 Å².